The van der Waals surface area contributed by atoms with Crippen LogP contribution < -0.4 is 5.32 Å². The van der Waals surface area contributed by atoms with Crippen LogP contribution in [-0.2, 0) is 25.3 Å². The highest BCUT2D eigenvalue weighted by Crippen LogP contribution is 2.24. The van der Waals surface area contributed by atoms with E-state index < -0.39 is 0 Å². The summed E-state index contributed by atoms with van der Waals surface area (Å²) in [7, 11) is 3.75. The first-order valence-electron chi connectivity index (χ1n) is 6.68. The minimum absolute atomic E-state index is 0.0934. The molecule has 20 heavy (non-hydrogen) atoms. The first-order valence-corrected chi connectivity index (χ1v) is 6.68. The molecule has 2 aromatic heterocycles. The topological polar surface area (TPSA) is 61.1 Å². The second-order valence-corrected chi connectivity index (χ2v) is 5.04. The molecule has 0 saturated heterocycles. The van der Waals surface area contributed by atoms with E-state index in [0.29, 0.717) is 18.8 Å². The third-order valence-electron chi connectivity index (χ3n) is 3.56. The summed E-state index contributed by atoms with van der Waals surface area (Å²) in [5.74, 6) is -0.0934. The minimum atomic E-state index is -0.163. The Bertz CT molecular complexity index is 629. The maximum Gasteiger partial charge on any atom is 0.267 e. The van der Waals surface area contributed by atoms with E-state index in [-0.39, 0.29) is 12.0 Å². The molecule has 3 heterocycles. The van der Waals surface area contributed by atoms with Gasteiger partial charge in [0.1, 0.15) is 11.8 Å². The predicted octanol–water partition coefficient (Wildman–Crippen LogP) is 0.802. The molecule has 0 aromatic carbocycles. The van der Waals surface area contributed by atoms with Crippen molar-refractivity contribution in [2.45, 2.75) is 12.5 Å². The second kappa shape index (κ2) is 5.13. The summed E-state index contributed by atoms with van der Waals surface area (Å²) < 4.78 is 9.31. The summed E-state index contributed by atoms with van der Waals surface area (Å²) in [4.78, 5) is 12.1. The third-order valence-corrected chi connectivity index (χ3v) is 3.56. The Kier molecular flexibility index (Phi) is 3.31. The number of aromatic nitrogens is 3. The van der Waals surface area contributed by atoms with Crippen molar-refractivity contribution >= 4 is 5.91 Å². The van der Waals surface area contributed by atoms with Crippen molar-refractivity contribution in [2.75, 3.05) is 13.2 Å². The van der Waals surface area contributed by atoms with E-state index in [0.717, 1.165) is 12.1 Å². The van der Waals surface area contributed by atoms with Gasteiger partial charge in [0, 0.05) is 33.0 Å². The molecule has 2 aromatic rings. The molecule has 0 saturated carbocycles. The maximum atomic E-state index is 12.1. The lowest BCUT2D eigenvalue weighted by atomic mass is 10.1. The number of hydrogen-bond donors (Lipinski definition) is 1. The van der Waals surface area contributed by atoms with Gasteiger partial charge in [-0.1, -0.05) is 0 Å². The number of nitrogens with one attached hydrogen (secondary N) is 1. The molecule has 6 nitrogen and oxygen atoms in total. The van der Waals surface area contributed by atoms with Crippen LogP contribution in [0.15, 0.2) is 24.5 Å². The number of hydrogen-bond acceptors (Lipinski definition) is 3. The fraction of sp³-hybridized carbons (Fsp3) is 0.429. The quantitative estimate of drug-likeness (QED) is 0.900. The van der Waals surface area contributed by atoms with E-state index in [1.165, 1.54) is 5.56 Å². The first kappa shape index (κ1) is 12.9. The molecule has 6 heteroatoms. The average molecular weight is 274 g/mol. The first-order chi connectivity index (χ1) is 9.65. The fourth-order valence-electron chi connectivity index (χ4n) is 2.54. The molecule has 1 N–H and O–H groups in total. The van der Waals surface area contributed by atoms with Crippen LogP contribution in [0.1, 0.15) is 27.8 Å². The Morgan fingerprint density at radius 2 is 2.40 bits per heavy atom. The molecule has 1 aliphatic rings. The number of rotatable bonds is 3. The molecule has 1 amide bonds. The van der Waals surface area contributed by atoms with E-state index >= 15 is 0 Å². The van der Waals surface area contributed by atoms with Gasteiger partial charge in [0.05, 0.1) is 12.3 Å². The zero-order valence-corrected chi connectivity index (χ0v) is 11.7. The number of aryl methyl sites for hydroxylation is 2. The SMILES string of the molecule is Cn1cc2c(n1)[C@H](CNC(=O)c1cccn1C)OCC2. The Hall–Kier alpha value is -2.08. The van der Waals surface area contributed by atoms with Crippen LogP contribution in [0.2, 0.25) is 0 Å². The van der Waals surface area contributed by atoms with Crippen molar-refractivity contribution < 1.29 is 9.53 Å². The maximum absolute atomic E-state index is 12.1. The molecule has 3 rings (SSSR count). The van der Waals surface area contributed by atoms with Gasteiger partial charge in [0.15, 0.2) is 0 Å². The lowest BCUT2D eigenvalue weighted by molar-refractivity contribution is 0.0383. The van der Waals surface area contributed by atoms with E-state index in [1.54, 1.807) is 15.3 Å². The number of ether oxygens (including phenoxy) is 1. The van der Waals surface area contributed by atoms with E-state index in [4.69, 9.17) is 4.74 Å². The van der Waals surface area contributed by atoms with Crippen LogP contribution in [0.5, 0.6) is 0 Å². The highest BCUT2D eigenvalue weighted by atomic mass is 16.5. The van der Waals surface area contributed by atoms with Crippen molar-refractivity contribution in [3.63, 3.8) is 0 Å². The highest BCUT2D eigenvalue weighted by molar-refractivity contribution is 5.92. The Morgan fingerprint density at radius 1 is 1.55 bits per heavy atom. The predicted molar refractivity (Wildman–Crippen MR) is 73.4 cm³/mol. The van der Waals surface area contributed by atoms with Gasteiger partial charge in [0.25, 0.3) is 5.91 Å². The Balaban J connectivity index is 1.68. The van der Waals surface area contributed by atoms with Crippen LogP contribution in [0.4, 0.5) is 0 Å². The van der Waals surface area contributed by atoms with Gasteiger partial charge in [-0.2, -0.15) is 5.10 Å². The summed E-state index contributed by atoms with van der Waals surface area (Å²) in [6.45, 7) is 1.11. The van der Waals surface area contributed by atoms with Gasteiger partial charge < -0.3 is 14.6 Å². The molecule has 0 fully saturated rings. The molecule has 0 bridgehead atoms. The van der Waals surface area contributed by atoms with Crippen molar-refractivity contribution in [3.05, 3.63) is 41.5 Å². The summed E-state index contributed by atoms with van der Waals surface area (Å²) in [6, 6.07) is 3.64. The van der Waals surface area contributed by atoms with Crippen molar-refractivity contribution in [2.24, 2.45) is 14.1 Å². The van der Waals surface area contributed by atoms with Crippen LogP contribution in [0, 0.1) is 0 Å². The number of amides is 1. The van der Waals surface area contributed by atoms with Gasteiger partial charge in [-0.15, -0.1) is 0 Å². The molecule has 106 valence electrons. The summed E-state index contributed by atoms with van der Waals surface area (Å²) in [5.41, 5.74) is 2.78. The number of fused-ring (bicyclic) bond motifs is 1. The van der Waals surface area contributed by atoms with Gasteiger partial charge in [-0.3, -0.25) is 9.48 Å². The molecule has 1 atom stereocenters. The normalized spacial score (nSPS) is 17.8. The molecule has 0 spiro atoms. The van der Waals surface area contributed by atoms with Gasteiger partial charge >= 0.3 is 0 Å². The number of carbonyl (C=O) groups excluding carboxylic acids is 1. The standard InChI is InChI=1S/C14H18N4O2/c1-17-6-3-4-11(17)14(19)15-8-12-13-10(5-7-20-12)9-18(2)16-13/h3-4,6,9,12H,5,7-8H2,1-2H3,(H,15,19)/t12-/m0/s1. The molecule has 0 aliphatic carbocycles. The van der Waals surface area contributed by atoms with Crippen LogP contribution in [0.25, 0.3) is 0 Å². The monoisotopic (exact) mass is 274 g/mol. The lowest BCUT2D eigenvalue weighted by Crippen LogP contribution is -2.32. The molecular formula is C14H18N4O2. The molecule has 1 aliphatic heterocycles. The smallest absolute Gasteiger partial charge is 0.267 e. The highest BCUT2D eigenvalue weighted by Gasteiger charge is 2.25. The van der Waals surface area contributed by atoms with Gasteiger partial charge in [0.2, 0.25) is 0 Å². The lowest BCUT2D eigenvalue weighted by Gasteiger charge is -2.22. The van der Waals surface area contributed by atoms with Crippen LogP contribution in [-0.4, -0.2) is 33.4 Å². The van der Waals surface area contributed by atoms with E-state index in [1.807, 2.05) is 32.6 Å². The molecular weight excluding hydrogens is 256 g/mol. The zero-order valence-electron chi connectivity index (χ0n) is 11.7. The van der Waals surface area contributed by atoms with Gasteiger partial charge in [-0.25, -0.2) is 0 Å². The zero-order chi connectivity index (χ0) is 14.1. The fourth-order valence-corrected chi connectivity index (χ4v) is 2.54. The van der Waals surface area contributed by atoms with Crippen molar-refractivity contribution in [1.29, 1.82) is 0 Å². The molecule has 0 radical (unpaired) electrons. The summed E-state index contributed by atoms with van der Waals surface area (Å²) >= 11 is 0. The van der Waals surface area contributed by atoms with E-state index in [9.17, 15) is 4.79 Å². The average Bonchev–Trinajstić information content (AvgIpc) is 3.00. The largest absolute Gasteiger partial charge is 0.370 e. The number of carbonyl (C=O) groups is 1. The van der Waals surface area contributed by atoms with Crippen molar-refractivity contribution in [3.8, 4) is 0 Å². The Morgan fingerprint density at radius 3 is 3.15 bits per heavy atom. The third kappa shape index (κ3) is 2.34. The van der Waals surface area contributed by atoms with Gasteiger partial charge in [-0.05, 0) is 24.1 Å². The summed E-state index contributed by atoms with van der Waals surface area (Å²) in [5, 5.41) is 7.34. The molecule has 0 unspecified atom stereocenters. The van der Waals surface area contributed by atoms with Crippen LogP contribution >= 0.6 is 0 Å². The summed E-state index contributed by atoms with van der Waals surface area (Å²) in [6.07, 6.45) is 4.59. The Labute approximate surface area is 117 Å². The number of nitrogens with zero attached hydrogens (tertiary/aromatic N) is 3. The van der Waals surface area contributed by atoms with E-state index in [2.05, 4.69) is 10.4 Å². The minimum Gasteiger partial charge on any atom is -0.370 e. The second-order valence-electron chi connectivity index (χ2n) is 5.04. The van der Waals surface area contributed by atoms with Crippen molar-refractivity contribution in [1.82, 2.24) is 19.7 Å². The van der Waals surface area contributed by atoms with Crippen LogP contribution in [0.3, 0.4) is 0 Å².